The zero-order valence-corrected chi connectivity index (χ0v) is 15.4. The van der Waals surface area contributed by atoms with Crippen LogP contribution in [0.3, 0.4) is 0 Å². The van der Waals surface area contributed by atoms with Crippen molar-refractivity contribution in [3.8, 4) is 5.75 Å². The molecule has 3 N–H and O–H groups in total. The number of piperidine rings is 1. The van der Waals surface area contributed by atoms with Gasteiger partial charge in [0.1, 0.15) is 11.4 Å². The van der Waals surface area contributed by atoms with Crippen molar-refractivity contribution in [1.82, 2.24) is 10.6 Å². The summed E-state index contributed by atoms with van der Waals surface area (Å²) in [5.74, 6) is 0.271. The summed E-state index contributed by atoms with van der Waals surface area (Å²) in [5.41, 5.74) is -0.112. The van der Waals surface area contributed by atoms with E-state index in [-0.39, 0.29) is 30.8 Å². The summed E-state index contributed by atoms with van der Waals surface area (Å²) in [4.78, 5) is 23.9. The molecule has 2 amide bonds. The molecule has 2 rings (SSSR count). The van der Waals surface area contributed by atoms with E-state index in [2.05, 4.69) is 16.0 Å². The van der Waals surface area contributed by atoms with Gasteiger partial charge in [-0.05, 0) is 57.1 Å². The zero-order chi connectivity index (χ0) is 17.4. The van der Waals surface area contributed by atoms with Gasteiger partial charge >= 0.3 is 0 Å². The summed E-state index contributed by atoms with van der Waals surface area (Å²) < 4.78 is 10.9. The van der Waals surface area contributed by atoms with Crippen molar-refractivity contribution in [2.24, 2.45) is 0 Å². The number of nitrogens with one attached hydrogen (secondary N) is 3. The normalized spacial score (nSPS) is 15.6. The zero-order valence-electron chi connectivity index (χ0n) is 14.6. The Balaban J connectivity index is 0.00000312. The van der Waals surface area contributed by atoms with Crippen molar-refractivity contribution >= 4 is 29.9 Å². The van der Waals surface area contributed by atoms with Crippen LogP contribution >= 0.6 is 12.4 Å². The van der Waals surface area contributed by atoms with E-state index in [0.717, 1.165) is 13.1 Å². The first kappa shape index (κ1) is 21.2. The second kappa shape index (κ2) is 10.2. The summed E-state index contributed by atoms with van der Waals surface area (Å²) in [6.45, 7) is 3.91. The molecule has 0 aliphatic carbocycles. The molecular formula is C17H26ClN3O4. The minimum Gasteiger partial charge on any atom is -0.484 e. The molecule has 1 fully saturated rings. The van der Waals surface area contributed by atoms with Gasteiger partial charge in [0, 0.05) is 19.3 Å². The fourth-order valence-electron chi connectivity index (χ4n) is 2.63. The van der Waals surface area contributed by atoms with Crippen molar-refractivity contribution in [3.05, 3.63) is 24.3 Å². The van der Waals surface area contributed by atoms with Crippen LogP contribution in [0.1, 0.15) is 19.8 Å². The van der Waals surface area contributed by atoms with Crippen molar-refractivity contribution in [2.45, 2.75) is 25.4 Å². The second-order valence-electron chi connectivity index (χ2n) is 5.67. The largest absolute Gasteiger partial charge is 0.484 e. The Morgan fingerprint density at radius 1 is 1.20 bits per heavy atom. The van der Waals surface area contributed by atoms with E-state index in [4.69, 9.17) is 9.47 Å². The van der Waals surface area contributed by atoms with Gasteiger partial charge in [0.05, 0.1) is 0 Å². The van der Waals surface area contributed by atoms with E-state index in [9.17, 15) is 9.59 Å². The molecular weight excluding hydrogens is 346 g/mol. The van der Waals surface area contributed by atoms with Crippen LogP contribution in [-0.4, -0.2) is 50.8 Å². The average Bonchev–Trinajstić information content (AvgIpc) is 2.62. The Morgan fingerprint density at radius 3 is 2.40 bits per heavy atom. The number of methoxy groups -OCH3 is 1. The quantitative estimate of drug-likeness (QED) is 0.673. The lowest BCUT2D eigenvalue weighted by Crippen LogP contribution is -2.51. The van der Waals surface area contributed by atoms with Gasteiger partial charge in [0.2, 0.25) is 0 Å². The number of rotatable bonds is 7. The number of likely N-dealkylation sites (N-methyl/N-ethyl adjacent to an activating group) is 1. The lowest BCUT2D eigenvalue weighted by Gasteiger charge is -2.34. The SMILES string of the molecule is CCNC(=O)COc1ccc(NC(=O)C2(OC)CCNCC2)cc1.Cl. The number of carbonyl (C=O) groups excluding carboxylic acids is 2. The maximum Gasteiger partial charge on any atom is 0.257 e. The van der Waals surface area contributed by atoms with Gasteiger partial charge in [-0.3, -0.25) is 9.59 Å². The molecule has 1 saturated heterocycles. The number of carbonyl (C=O) groups is 2. The van der Waals surface area contributed by atoms with Crippen molar-refractivity contribution in [2.75, 3.05) is 38.7 Å². The number of ether oxygens (including phenoxy) is 2. The molecule has 0 aromatic heterocycles. The predicted octanol–water partition coefficient (Wildman–Crippen LogP) is 1.33. The Kier molecular flexibility index (Phi) is 8.68. The highest BCUT2D eigenvalue weighted by Crippen LogP contribution is 2.25. The van der Waals surface area contributed by atoms with E-state index in [1.54, 1.807) is 31.4 Å². The number of benzene rings is 1. The summed E-state index contributed by atoms with van der Waals surface area (Å²) >= 11 is 0. The third-order valence-corrected chi connectivity index (χ3v) is 4.07. The minimum absolute atomic E-state index is 0. The summed E-state index contributed by atoms with van der Waals surface area (Å²) in [7, 11) is 1.57. The molecule has 0 bridgehead atoms. The molecule has 1 aliphatic rings. The van der Waals surface area contributed by atoms with Crippen LogP contribution in [0.25, 0.3) is 0 Å². The Bertz CT molecular complexity index is 560. The van der Waals surface area contributed by atoms with Gasteiger partial charge in [0.15, 0.2) is 6.61 Å². The van der Waals surface area contributed by atoms with Crippen molar-refractivity contribution in [1.29, 1.82) is 0 Å². The molecule has 140 valence electrons. The molecule has 0 radical (unpaired) electrons. The average molecular weight is 372 g/mol. The van der Waals surface area contributed by atoms with Gasteiger partial charge in [-0.15, -0.1) is 12.4 Å². The molecule has 1 aliphatic heterocycles. The molecule has 25 heavy (non-hydrogen) atoms. The summed E-state index contributed by atoms with van der Waals surface area (Å²) in [6.07, 6.45) is 1.28. The Hall–Kier alpha value is -1.83. The lowest BCUT2D eigenvalue weighted by atomic mass is 9.91. The predicted molar refractivity (Wildman–Crippen MR) is 98.3 cm³/mol. The molecule has 1 aromatic rings. The highest BCUT2D eigenvalue weighted by molar-refractivity contribution is 5.97. The van der Waals surface area contributed by atoms with E-state index < -0.39 is 5.60 Å². The highest BCUT2D eigenvalue weighted by Gasteiger charge is 2.39. The topological polar surface area (TPSA) is 88.7 Å². The third-order valence-electron chi connectivity index (χ3n) is 4.07. The molecule has 0 saturated carbocycles. The van der Waals surface area contributed by atoms with E-state index in [1.165, 1.54) is 0 Å². The maximum absolute atomic E-state index is 12.5. The van der Waals surface area contributed by atoms with Gasteiger partial charge in [-0.1, -0.05) is 0 Å². The fourth-order valence-corrected chi connectivity index (χ4v) is 2.63. The molecule has 7 nitrogen and oxygen atoms in total. The van der Waals surface area contributed by atoms with Gasteiger partial charge < -0.3 is 25.4 Å². The maximum atomic E-state index is 12.5. The van der Waals surface area contributed by atoms with Crippen LogP contribution in [-0.2, 0) is 14.3 Å². The first-order valence-electron chi connectivity index (χ1n) is 8.16. The van der Waals surface area contributed by atoms with E-state index >= 15 is 0 Å². The molecule has 1 aromatic carbocycles. The molecule has 1 heterocycles. The van der Waals surface area contributed by atoms with Crippen LogP contribution in [0.4, 0.5) is 5.69 Å². The minimum atomic E-state index is -0.779. The number of amides is 2. The lowest BCUT2D eigenvalue weighted by molar-refractivity contribution is -0.140. The number of hydrogen-bond donors (Lipinski definition) is 3. The van der Waals surface area contributed by atoms with E-state index in [0.29, 0.717) is 30.8 Å². The summed E-state index contributed by atoms with van der Waals surface area (Å²) in [6, 6.07) is 6.93. The molecule has 0 atom stereocenters. The van der Waals surface area contributed by atoms with Crippen LogP contribution in [0.15, 0.2) is 24.3 Å². The highest BCUT2D eigenvalue weighted by atomic mass is 35.5. The van der Waals surface area contributed by atoms with Crippen LogP contribution in [0.5, 0.6) is 5.75 Å². The van der Waals surface area contributed by atoms with Gasteiger partial charge in [-0.25, -0.2) is 0 Å². The Morgan fingerprint density at radius 2 is 1.84 bits per heavy atom. The second-order valence-corrected chi connectivity index (χ2v) is 5.67. The third kappa shape index (κ3) is 5.88. The molecule has 0 spiro atoms. The first-order valence-corrected chi connectivity index (χ1v) is 8.16. The number of hydrogen-bond acceptors (Lipinski definition) is 5. The van der Waals surface area contributed by atoms with Crippen molar-refractivity contribution in [3.63, 3.8) is 0 Å². The van der Waals surface area contributed by atoms with E-state index in [1.807, 2.05) is 6.92 Å². The molecule has 0 unspecified atom stereocenters. The van der Waals surface area contributed by atoms with Crippen molar-refractivity contribution < 1.29 is 19.1 Å². The monoisotopic (exact) mass is 371 g/mol. The van der Waals surface area contributed by atoms with Gasteiger partial charge in [-0.2, -0.15) is 0 Å². The van der Waals surface area contributed by atoms with Crippen LogP contribution < -0.4 is 20.7 Å². The smallest absolute Gasteiger partial charge is 0.257 e. The number of halogens is 1. The summed E-state index contributed by atoms with van der Waals surface area (Å²) in [5, 5.41) is 8.77. The van der Waals surface area contributed by atoms with Crippen LogP contribution in [0.2, 0.25) is 0 Å². The first-order chi connectivity index (χ1) is 11.6. The number of anilines is 1. The fraction of sp³-hybridized carbons (Fsp3) is 0.529. The standard InChI is InChI=1S/C17H25N3O4.ClH/c1-3-19-15(21)12-24-14-6-4-13(5-7-14)20-16(22)17(23-2)8-10-18-11-9-17;/h4-7,18H,3,8-12H2,1-2H3,(H,19,21)(H,20,22);1H. The Labute approximate surface area is 154 Å². The van der Waals surface area contributed by atoms with Crippen LogP contribution in [0, 0.1) is 0 Å². The molecule has 8 heteroatoms. The van der Waals surface area contributed by atoms with Gasteiger partial charge in [0.25, 0.3) is 11.8 Å².